The SMILES string of the molecule is CCCCCCC(OC(C)C)C(=O)OC. The molecule has 0 N–H and O–H groups in total. The molecule has 0 rings (SSSR count). The average Bonchev–Trinajstić information content (AvgIpc) is 2.21. The Hall–Kier alpha value is -0.570. The van der Waals surface area contributed by atoms with Gasteiger partial charge in [-0.15, -0.1) is 0 Å². The minimum absolute atomic E-state index is 0.0697. The van der Waals surface area contributed by atoms with E-state index in [4.69, 9.17) is 9.47 Å². The van der Waals surface area contributed by atoms with E-state index in [0.29, 0.717) is 0 Å². The summed E-state index contributed by atoms with van der Waals surface area (Å²) in [6.07, 6.45) is 5.06. The van der Waals surface area contributed by atoms with Crippen molar-refractivity contribution in [2.45, 2.75) is 65.1 Å². The first kappa shape index (κ1) is 14.4. The average molecular weight is 216 g/mol. The number of carbonyl (C=O) groups excluding carboxylic acids is 1. The molecule has 1 unspecified atom stereocenters. The normalized spacial score (nSPS) is 12.9. The standard InChI is InChI=1S/C12H24O3/c1-5-6-7-8-9-11(12(13)14-4)15-10(2)3/h10-11H,5-9H2,1-4H3. The van der Waals surface area contributed by atoms with E-state index in [1.807, 2.05) is 13.8 Å². The van der Waals surface area contributed by atoms with Gasteiger partial charge in [0.15, 0.2) is 6.10 Å². The minimum atomic E-state index is -0.383. The molecule has 0 saturated heterocycles. The first-order chi connectivity index (χ1) is 7.11. The van der Waals surface area contributed by atoms with Gasteiger partial charge in [0.1, 0.15) is 0 Å². The topological polar surface area (TPSA) is 35.5 Å². The Kier molecular flexibility index (Phi) is 8.38. The summed E-state index contributed by atoms with van der Waals surface area (Å²) in [6.45, 7) is 6.03. The van der Waals surface area contributed by atoms with Gasteiger partial charge in [-0.3, -0.25) is 0 Å². The fourth-order valence-electron chi connectivity index (χ4n) is 1.46. The quantitative estimate of drug-likeness (QED) is 0.462. The van der Waals surface area contributed by atoms with Gasteiger partial charge in [0.25, 0.3) is 0 Å². The molecule has 0 aromatic heterocycles. The van der Waals surface area contributed by atoms with Crippen molar-refractivity contribution >= 4 is 5.97 Å². The Morgan fingerprint density at radius 1 is 1.20 bits per heavy atom. The Labute approximate surface area is 93.1 Å². The van der Waals surface area contributed by atoms with Crippen LogP contribution in [0.3, 0.4) is 0 Å². The summed E-state index contributed by atoms with van der Waals surface area (Å²) in [5, 5.41) is 0. The summed E-state index contributed by atoms with van der Waals surface area (Å²) in [5.41, 5.74) is 0. The molecule has 0 spiro atoms. The maximum atomic E-state index is 11.4. The summed E-state index contributed by atoms with van der Waals surface area (Å²) >= 11 is 0. The first-order valence-electron chi connectivity index (χ1n) is 5.85. The van der Waals surface area contributed by atoms with Crippen LogP contribution < -0.4 is 0 Å². The molecule has 0 heterocycles. The van der Waals surface area contributed by atoms with Gasteiger partial charge in [-0.25, -0.2) is 4.79 Å². The third-order valence-electron chi connectivity index (χ3n) is 2.22. The van der Waals surface area contributed by atoms with Crippen LogP contribution in [0, 0.1) is 0 Å². The van der Waals surface area contributed by atoms with Crippen LogP contribution in [0.2, 0.25) is 0 Å². The van der Waals surface area contributed by atoms with E-state index in [0.717, 1.165) is 19.3 Å². The fraction of sp³-hybridized carbons (Fsp3) is 0.917. The van der Waals surface area contributed by atoms with Gasteiger partial charge < -0.3 is 9.47 Å². The summed E-state index contributed by atoms with van der Waals surface area (Å²) in [6, 6.07) is 0. The van der Waals surface area contributed by atoms with Crippen LogP contribution in [0.1, 0.15) is 52.9 Å². The van der Waals surface area contributed by atoms with Crippen molar-refractivity contribution < 1.29 is 14.3 Å². The van der Waals surface area contributed by atoms with E-state index in [-0.39, 0.29) is 18.2 Å². The highest BCUT2D eigenvalue weighted by molar-refractivity contribution is 5.74. The maximum Gasteiger partial charge on any atom is 0.334 e. The Morgan fingerprint density at radius 2 is 1.87 bits per heavy atom. The number of carbonyl (C=O) groups is 1. The predicted molar refractivity (Wildman–Crippen MR) is 60.8 cm³/mol. The van der Waals surface area contributed by atoms with Crippen LogP contribution in [0.4, 0.5) is 0 Å². The molecular formula is C12H24O3. The third-order valence-corrected chi connectivity index (χ3v) is 2.22. The van der Waals surface area contributed by atoms with Crippen LogP contribution in [0.15, 0.2) is 0 Å². The molecule has 0 aliphatic heterocycles. The molecule has 0 aliphatic rings. The zero-order valence-corrected chi connectivity index (χ0v) is 10.4. The molecule has 0 bridgehead atoms. The molecule has 0 aromatic rings. The molecule has 0 amide bonds. The second-order valence-electron chi connectivity index (χ2n) is 4.05. The smallest absolute Gasteiger partial charge is 0.334 e. The molecule has 1 atom stereocenters. The number of methoxy groups -OCH3 is 1. The first-order valence-corrected chi connectivity index (χ1v) is 5.85. The Bertz CT molecular complexity index is 166. The minimum Gasteiger partial charge on any atom is -0.467 e. The Balaban J connectivity index is 3.85. The van der Waals surface area contributed by atoms with E-state index in [9.17, 15) is 4.79 Å². The Morgan fingerprint density at radius 3 is 2.33 bits per heavy atom. The molecule has 3 heteroatoms. The van der Waals surface area contributed by atoms with E-state index in [1.54, 1.807) is 0 Å². The lowest BCUT2D eigenvalue weighted by Gasteiger charge is -2.17. The van der Waals surface area contributed by atoms with E-state index < -0.39 is 0 Å². The van der Waals surface area contributed by atoms with Crippen molar-refractivity contribution in [1.29, 1.82) is 0 Å². The largest absolute Gasteiger partial charge is 0.467 e. The van der Waals surface area contributed by atoms with Crippen molar-refractivity contribution in [3.05, 3.63) is 0 Å². The fourth-order valence-corrected chi connectivity index (χ4v) is 1.46. The van der Waals surface area contributed by atoms with Gasteiger partial charge in [-0.05, 0) is 20.3 Å². The molecule has 0 fully saturated rings. The zero-order valence-electron chi connectivity index (χ0n) is 10.4. The lowest BCUT2D eigenvalue weighted by molar-refractivity contribution is -0.157. The van der Waals surface area contributed by atoms with Gasteiger partial charge in [-0.2, -0.15) is 0 Å². The number of hydrogen-bond donors (Lipinski definition) is 0. The highest BCUT2D eigenvalue weighted by Gasteiger charge is 2.20. The van der Waals surface area contributed by atoms with Crippen molar-refractivity contribution in [1.82, 2.24) is 0 Å². The summed E-state index contributed by atoms with van der Waals surface area (Å²) < 4.78 is 10.2. The lowest BCUT2D eigenvalue weighted by atomic mass is 10.1. The van der Waals surface area contributed by atoms with Crippen LogP contribution in [-0.4, -0.2) is 25.3 Å². The van der Waals surface area contributed by atoms with E-state index in [2.05, 4.69) is 6.92 Å². The highest BCUT2D eigenvalue weighted by Crippen LogP contribution is 2.11. The van der Waals surface area contributed by atoms with Gasteiger partial charge in [0.2, 0.25) is 0 Å². The van der Waals surface area contributed by atoms with Gasteiger partial charge in [-0.1, -0.05) is 32.6 Å². The molecule has 3 nitrogen and oxygen atoms in total. The van der Waals surface area contributed by atoms with Crippen LogP contribution in [-0.2, 0) is 14.3 Å². The van der Waals surface area contributed by atoms with Gasteiger partial charge in [0, 0.05) is 0 Å². The molecule has 0 saturated carbocycles. The number of unbranched alkanes of at least 4 members (excludes halogenated alkanes) is 3. The van der Waals surface area contributed by atoms with Gasteiger partial charge >= 0.3 is 5.97 Å². The molecule has 90 valence electrons. The van der Waals surface area contributed by atoms with Crippen molar-refractivity contribution in [2.24, 2.45) is 0 Å². The highest BCUT2D eigenvalue weighted by atomic mass is 16.6. The molecule has 0 aliphatic carbocycles. The molecular weight excluding hydrogens is 192 g/mol. The van der Waals surface area contributed by atoms with Crippen molar-refractivity contribution in [3.8, 4) is 0 Å². The lowest BCUT2D eigenvalue weighted by Crippen LogP contribution is -2.28. The zero-order chi connectivity index (χ0) is 11.7. The predicted octanol–water partition coefficient (Wildman–Crippen LogP) is 2.92. The number of rotatable bonds is 8. The summed E-state index contributed by atoms with van der Waals surface area (Å²) in [4.78, 5) is 11.4. The van der Waals surface area contributed by atoms with Crippen LogP contribution in [0.25, 0.3) is 0 Å². The van der Waals surface area contributed by atoms with Crippen molar-refractivity contribution in [2.75, 3.05) is 7.11 Å². The van der Waals surface area contributed by atoms with Crippen LogP contribution >= 0.6 is 0 Å². The van der Waals surface area contributed by atoms with E-state index >= 15 is 0 Å². The summed E-state index contributed by atoms with van der Waals surface area (Å²) in [7, 11) is 1.41. The monoisotopic (exact) mass is 216 g/mol. The second kappa shape index (κ2) is 8.72. The maximum absolute atomic E-state index is 11.4. The molecule has 15 heavy (non-hydrogen) atoms. The van der Waals surface area contributed by atoms with Crippen molar-refractivity contribution in [3.63, 3.8) is 0 Å². The number of ether oxygens (including phenoxy) is 2. The number of hydrogen-bond acceptors (Lipinski definition) is 3. The molecule has 0 aromatic carbocycles. The summed E-state index contributed by atoms with van der Waals surface area (Å²) in [5.74, 6) is -0.250. The van der Waals surface area contributed by atoms with Crippen LogP contribution in [0.5, 0.6) is 0 Å². The second-order valence-corrected chi connectivity index (χ2v) is 4.05. The molecule has 0 radical (unpaired) electrons. The van der Waals surface area contributed by atoms with Gasteiger partial charge in [0.05, 0.1) is 13.2 Å². The van der Waals surface area contributed by atoms with E-state index in [1.165, 1.54) is 20.0 Å². The number of esters is 1. The third kappa shape index (κ3) is 7.37.